The Kier molecular flexibility index (Phi) is 5.54. The van der Waals surface area contributed by atoms with Crippen molar-refractivity contribution in [3.8, 4) is 11.5 Å². The second kappa shape index (κ2) is 8.59. The van der Waals surface area contributed by atoms with Crippen LogP contribution in [0.4, 0.5) is 0 Å². The van der Waals surface area contributed by atoms with Gasteiger partial charge >= 0.3 is 0 Å². The summed E-state index contributed by atoms with van der Waals surface area (Å²) in [6.07, 6.45) is 7.70. The van der Waals surface area contributed by atoms with Gasteiger partial charge in [-0.05, 0) is 42.0 Å². The van der Waals surface area contributed by atoms with Gasteiger partial charge in [0, 0.05) is 5.56 Å². The molecule has 0 unspecified atom stereocenters. The van der Waals surface area contributed by atoms with Crippen LogP contribution in [-0.2, 0) is 19.6 Å². The highest BCUT2D eigenvalue weighted by atomic mass is 16.5. The molecular weight excluding hydrogens is 332 g/mol. The van der Waals surface area contributed by atoms with Crippen LogP contribution in [0.5, 0.6) is 11.5 Å². The minimum atomic E-state index is 0.539. The summed E-state index contributed by atoms with van der Waals surface area (Å²) in [4.78, 5) is 0. The fraction of sp³-hybridized carbons (Fsp3) is 0.200. The molecule has 0 amide bonds. The average Bonchev–Trinajstić information content (AvgIpc) is 2.98. The maximum Gasteiger partial charge on any atom is 0.165 e. The molecule has 136 valence electrons. The Morgan fingerprint density at radius 3 is 2.07 bits per heavy atom. The van der Waals surface area contributed by atoms with Crippen LogP contribution in [0.1, 0.15) is 35.1 Å². The Morgan fingerprint density at radius 1 is 0.704 bits per heavy atom. The third-order valence-electron chi connectivity index (χ3n) is 4.82. The number of benzene rings is 3. The van der Waals surface area contributed by atoms with Crippen molar-refractivity contribution in [2.75, 3.05) is 0 Å². The van der Waals surface area contributed by atoms with Crippen molar-refractivity contribution in [3.63, 3.8) is 0 Å². The Labute approximate surface area is 161 Å². The van der Waals surface area contributed by atoms with E-state index in [2.05, 4.69) is 42.5 Å². The highest BCUT2D eigenvalue weighted by Gasteiger charge is 2.16. The SMILES string of the molecule is C1=Cc2ccc(OCc3ccccc3)c(OCc3ccccc3)c2CCC1. The summed E-state index contributed by atoms with van der Waals surface area (Å²) in [6, 6.07) is 24.7. The van der Waals surface area contributed by atoms with Crippen LogP contribution in [0.2, 0.25) is 0 Å². The van der Waals surface area contributed by atoms with Gasteiger partial charge < -0.3 is 9.47 Å². The molecule has 0 spiro atoms. The van der Waals surface area contributed by atoms with E-state index in [1.54, 1.807) is 0 Å². The molecule has 0 radical (unpaired) electrons. The predicted octanol–water partition coefficient (Wildman–Crippen LogP) is 6.19. The molecule has 4 rings (SSSR count). The molecule has 3 aromatic carbocycles. The van der Waals surface area contributed by atoms with Crippen molar-refractivity contribution >= 4 is 6.08 Å². The van der Waals surface area contributed by atoms with Crippen LogP contribution < -0.4 is 9.47 Å². The summed E-state index contributed by atoms with van der Waals surface area (Å²) in [5.41, 5.74) is 4.81. The summed E-state index contributed by atoms with van der Waals surface area (Å²) in [5, 5.41) is 0. The molecule has 0 saturated heterocycles. The van der Waals surface area contributed by atoms with E-state index in [-0.39, 0.29) is 0 Å². The van der Waals surface area contributed by atoms with Crippen molar-refractivity contribution in [1.29, 1.82) is 0 Å². The molecular formula is C25H24O2. The summed E-state index contributed by atoms with van der Waals surface area (Å²) >= 11 is 0. The van der Waals surface area contributed by atoms with Crippen molar-refractivity contribution in [1.82, 2.24) is 0 Å². The number of fused-ring (bicyclic) bond motifs is 1. The quantitative estimate of drug-likeness (QED) is 0.524. The summed E-state index contributed by atoms with van der Waals surface area (Å²) in [6.45, 7) is 1.08. The van der Waals surface area contributed by atoms with E-state index in [1.807, 2.05) is 42.5 Å². The van der Waals surface area contributed by atoms with Gasteiger partial charge in [-0.25, -0.2) is 0 Å². The van der Waals surface area contributed by atoms with Crippen molar-refractivity contribution in [2.24, 2.45) is 0 Å². The molecule has 1 aliphatic carbocycles. The Morgan fingerprint density at radius 2 is 1.37 bits per heavy atom. The molecule has 0 N–H and O–H groups in total. The molecule has 0 atom stereocenters. The van der Waals surface area contributed by atoms with Gasteiger partial charge in [0.25, 0.3) is 0 Å². The molecule has 1 aliphatic rings. The normalized spacial score (nSPS) is 12.9. The third-order valence-corrected chi connectivity index (χ3v) is 4.82. The molecule has 0 aromatic heterocycles. The van der Waals surface area contributed by atoms with E-state index < -0.39 is 0 Å². The van der Waals surface area contributed by atoms with Gasteiger partial charge in [-0.15, -0.1) is 0 Å². The summed E-state index contributed by atoms with van der Waals surface area (Å²) in [7, 11) is 0. The number of hydrogen-bond acceptors (Lipinski definition) is 2. The number of ether oxygens (including phenoxy) is 2. The van der Waals surface area contributed by atoms with E-state index in [4.69, 9.17) is 9.47 Å². The molecule has 3 aromatic rings. The first kappa shape index (κ1) is 17.4. The molecule has 2 nitrogen and oxygen atoms in total. The lowest BCUT2D eigenvalue weighted by Crippen LogP contribution is -2.04. The number of allylic oxidation sites excluding steroid dienone is 1. The van der Waals surface area contributed by atoms with Gasteiger partial charge in [-0.1, -0.05) is 78.9 Å². The molecule has 0 heterocycles. The average molecular weight is 356 g/mol. The number of hydrogen-bond donors (Lipinski definition) is 0. The highest BCUT2D eigenvalue weighted by molar-refractivity contribution is 5.63. The highest BCUT2D eigenvalue weighted by Crippen LogP contribution is 2.37. The lowest BCUT2D eigenvalue weighted by molar-refractivity contribution is 0.253. The minimum Gasteiger partial charge on any atom is -0.485 e. The second-order valence-electron chi connectivity index (χ2n) is 6.80. The lowest BCUT2D eigenvalue weighted by Gasteiger charge is -2.18. The van der Waals surface area contributed by atoms with Crippen molar-refractivity contribution < 1.29 is 9.47 Å². The van der Waals surface area contributed by atoms with E-state index in [0.29, 0.717) is 13.2 Å². The van der Waals surface area contributed by atoms with E-state index in [0.717, 1.165) is 41.9 Å². The van der Waals surface area contributed by atoms with Gasteiger partial charge in [-0.3, -0.25) is 0 Å². The largest absolute Gasteiger partial charge is 0.485 e. The van der Waals surface area contributed by atoms with Crippen LogP contribution in [0.25, 0.3) is 6.08 Å². The first-order valence-electron chi connectivity index (χ1n) is 9.56. The van der Waals surface area contributed by atoms with Gasteiger partial charge in [0.15, 0.2) is 11.5 Å². The van der Waals surface area contributed by atoms with Crippen LogP contribution in [0.15, 0.2) is 78.9 Å². The van der Waals surface area contributed by atoms with Crippen LogP contribution in [0, 0.1) is 0 Å². The Hall–Kier alpha value is -3.00. The molecule has 2 heteroatoms. The predicted molar refractivity (Wildman–Crippen MR) is 110 cm³/mol. The zero-order chi connectivity index (χ0) is 18.3. The second-order valence-corrected chi connectivity index (χ2v) is 6.80. The maximum absolute atomic E-state index is 6.31. The van der Waals surface area contributed by atoms with Crippen LogP contribution >= 0.6 is 0 Å². The lowest BCUT2D eigenvalue weighted by atomic mass is 10.0. The summed E-state index contributed by atoms with van der Waals surface area (Å²) in [5.74, 6) is 1.71. The van der Waals surface area contributed by atoms with E-state index in [1.165, 1.54) is 11.1 Å². The molecule has 0 bridgehead atoms. The Bertz CT molecular complexity index is 898. The molecule has 27 heavy (non-hydrogen) atoms. The Balaban J connectivity index is 1.61. The maximum atomic E-state index is 6.31. The minimum absolute atomic E-state index is 0.539. The summed E-state index contributed by atoms with van der Waals surface area (Å²) < 4.78 is 12.5. The topological polar surface area (TPSA) is 18.5 Å². The fourth-order valence-corrected chi connectivity index (χ4v) is 3.38. The van der Waals surface area contributed by atoms with Gasteiger partial charge in [0.2, 0.25) is 0 Å². The standard InChI is InChI=1S/C25H24O2/c1-4-10-20(11-5-1)18-26-24-17-16-22-14-8-3-9-15-23(22)25(24)27-19-21-12-6-2-7-13-21/h1-2,4-8,10-14,16-17H,3,9,15,18-19H2. The van der Waals surface area contributed by atoms with Crippen LogP contribution in [0.3, 0.4) is 0 Å². The van der Waals surface area contributed by atoms with E-state index >= 15 is 0 Å². The van der Waals surface area contributed by atoms with Gasteiger partial charge in [0.05, 0.1) is 0 Å². The molecule has 0 fully saturated rings. The molecule has 0 saturated carbocycles. The number of rotatable bonds is 6. The van der Waals surface area contributed by atoms with Gasteiger partial charge in [0.1, 0.15) is 13.2 Å². The van der Waals surface area contributed by atoms with E-state index in [9.17, 15) is 0 Å². The smallest absolute Gasteiger partial charge is 0.165 e. The third kappa shape index (κ3) is 4.40. The monoisotopic (exact) mass is 356 g/mol. The van der Waals surface area contributed by atoms with Crippen LogP contribution in [-0.4, -0.2) is 0 Å². The van der Waals surface area contributed by atoms with Crippen molar-refractivity contribution in [2.45, 2.75) is 32.5 Å². The zero-order valence-corrected chi connectivity index (χ0v) is 15.4. The van der Waals surface area contributed by atoms with Crippen molar-refractivity contribution in [3.05, 3.63) is 101 Å². The first-order chi connectivity index (χ1) is 13.4. The van der Waals surface area contributed by atoms with Gasteiger partial charge in [-0.2, -0.15) is 0 Å². The fourth-order valence-electron chi connectivity index (χ4n) is 3.38. The molecule has 0 aliphatic heterocycles. The first-order valence-corrected chi connectivity index (χ1v) is 9.56. The zero-order valence-electron chi connectivity index (χ0n) is 15.4.